The Labute approximate surface area is 180 Å². The molecule has 12 heteroatoms. The van der Waals surface area contributed by atoms with Crippen LogP contribution in [0.15, 0.2) is 40.2 Å². The fourth-order valence-corrected chi connectivity index (χ4v) is 5.82. The van der Waals surface area contributed by atoms with Crippen LogP contribution in [0.2, 0.25) is 0 Å². The van der Waals surface area contributed by atoms with Gasteiger partial charge >= 0.3 is 6.03 Å². The molecule has 0 saturated carbocycles. The lowest BCUT2D eigenvalue weighted by atomic mass is 10.0. The number of sulfonamides is 1. The predicted octanol–water partition coefficient (Wildman–Crippen LogP) is 3.12. The van der Waals surface area contributed by atoms with Crippen molar-refractivity contribution >= 4 is 44.2 Å². The van der Waals surface area contributed by atoms with Crippen molar-refractivity contribution in [1.82, 2.24) is 14.8 Å². The normalized spacial score (nSPS) is 23.5. The Bertz CT molecular complexity index is 1260. The van der Waals surface area contributed by atoms with Crippen molar-refractivity contribution in [2.75, 3.05) is 24.2 Å². The van der Waals surface area contributed by atoms with Crippen molar-refractivity contribution in [2.24, 2.45) is 0 Å². The predicted molar refractivity (Wildman–Crippen MR) is 112 cm³/mol. The minimum absolute atomic E-state index is 0.0155. The number of alkyl halides is 2. The van der Waals surface area contributed by atoms with Gasteiger partial charge in [0.05, 0.1) is 11.6 Å². The smallest absolute Gasteiger partial charge is 0.326 e. The summed E-state index contributed by atoms with van der Waals surface area (Å²) < 4.78 is 60.2. The molecule has 2 fully saturated rings. The first-order valence-electron chi connectivity index (χ1n) is 9.52. The molecule has 31 heavy (non-hydrogen) atoms. The van der Waals surface area contributed by atoms with Crippen LogP contribution in [0.5, 0.6) is 0 Å². The molecule has 0 radical (unpaired) electrons. The standard InChI is InChI=1S/C19H18F2N4O4S2/c1-31(27,28)23-14-10-25-15(19(14,20)21)7-8-24(18(25)26)17-16-11(13-6-3-9-30-13)4-2-5-12(16)29-22-17/h2-6,9,14-15,23H,7-8,10H2,1H3/t14-,15-/m1/s1. The molecular formula is C19H18F2N4O4S2. The molecule has 164 valence electrons. The maximum Gasteiger partial charge on any atom is 0.326 e. The molecule has 0 bridgehead atoms. The fourth-order valence-electron chi connectivity index (χ4n) is 4.32. The Morgan fingerprint density at radius 3 is 2.81 bits per heavy atom. The van der Waals surface area contributed by atoms with Crippen LogP contribution >= 0.6 is 11.3 Å². The lowest BCUT2D eigenvalue weighted by molar-refractivity contribution is -0.0448. The number of rotatable bonds is 4. The summed E-state index contributed by atoms with van der Waals surface area (Å²) in [6.45, 7) is -0.408. The van der Waals surface area contributed by atoms with Crippen molar-refractivity contribution in [3.8, 4) is 10.4 Å². The van der Waals surface area contributed by atoms with Gasteiger partial charge in [0.1, 0.15) is 12.1 Å². The lowest BCUT2D eigenvalue weighted by Crippen LogP contribution is -2.56. The van der Waals surface area contributed by atoms with Gasteiger partial charge in [-0.2, -0.15) is 0 Å². The first kappa shape index (κ1) is 20.3. The van der Waals surface area contributed by atoms with E-state index in [2.05, 4.69) is 5.16 Å². The largest absolute Gasteiger partial charge is 0.354 e. The zero-order valence-corrected chi connectivity index (χ0v) is 17.9. The highest BCUT2D eigenvalue weighted by atomic mass is 32.2. The molecule has 1 aromatic carbocycles. The summed E-state index contributed by atoms with van der Waals surface area (Å²) in [5.41, 5.74) is 1.32. The lowest BCUT2D eigenvalue weighted by Gasteiger charge is -2.37. The van der Waals surface area contributed by atoms with Gasteiger partial charge in [-0.05, 0) is 23.9 Å². The second-order valence-corrected chi connectivity index (χ2v) is 10.4. The second-order valence-electron chi connectivity index (χ2n) is 7.67. The molecule has 2 aliphatic rings. The summed E-state index contributed by atoms with van der Waals surface area (Å²) in [6.07, 6.45) is 0.790. The number of carbonyl (C=O) groups excluding carboxylic acids is 1. The first-order chi connectivity index (χ1) is 14.7. The first-order valence-corrected chi connectivity index (χ1v) is 12.3. The molecular weight excluding hydrogens is 450 g/mol. The molecule has 5 rings (SSSR count). The van der Waals surface area contributed by atoms with Crippen LogP contribution in [0, 0.1) is 0 Å². The van der Waals surface area contributed by atoms with Gasteiger partial charge in [0.2, 0.25) is 10.0 Å². The van der Waals surface area contributed by atoms with Gasteiger partial charge in [0.25, 0.3) is 5.92 Å². The number of hydrogen-bond donors (Lipinski definition) is 1. The maximum absolute atomic E-state index is 14.8. The Kier molecular flexibility index (Phi) is 4.57. The number of anilines is 1. The minimum atomic E-state index is -3.86. The van der Waals surface area contributed by atoms with Crippen LogP contribution in [-0.4, -0.2) is 61.9 Å². The van der Waals surface area contributed by atoms with Crippen LogP contribution in [-0.2, 0) is 10.0 Å². The number of nitrogens with zero attached hydrogens (tertiary/aromatic N) is 3. The van der Waals surface area contributed by atoms with E-state index in [0.29, 0.717) is 11.0 Å². The third-order valence-electron chi connectivity index (χ3n) is 5.65. The van der Waals surface area contributed by atoms with E-state index in [4.69, 9.17) is 4.52 Å². The summed E-state index contributed by atoms with van der Waals surface area (Å²) in [5.74, 6) is -3.11. The molecule has 0 spiro atoms. The highest BCUT2D eigenvalue weighted by Gasteiger charge is 2.60. The molecule has 0 unspecified atom stereocenters. The highest BCUT2D eigenvalue weighted by Crippen LogP contribution is 2.43. The third-order valence-corrected chi connectivity index (χ3v) is 7.26. The number of hydrogen-bond acceptors (Lipinski definition) is 6. The molecule has 8 nitrogen and oxygen atoms in total. The molecule has 2 saturated heterocycles. The van der Waals surface area contributed by atoms with Crippen LogP contribution in [0.3, 0.4) is 0 Å². The van der Waals surface area contributed by atoms with Crippen LogP contribution in [0.4, 0.5) is 19.4 Å². The Hall–Kier alpha value is -2.57. The highest BCUT2D eigenvalue weighted by molar-refractivity contribution is 7.88. The van der Waals surface area contributed by atoms with Gasteiger partial charge in [-0.15, -0.1) is 11.3 Å². The van der Waals surface area contributed by atoms with Gasteiger partial charge in [0, 0.05) is 23.5 Å². The Morgan fingerprint density at radius 1 is 1.29 bits per heavy atom. The monoisotopic (exact) mass is 468 g/mol. The van der Waals surface area contributed by atoms with E-state index in [1.54, 1.807) is 6.07 Å². The quantitative estimate of drug-likeness (QED) is 0.635. The van der Waals surface area contributed by atoms with Crippen molar-refractivity contribution in [2.45, 2.75) is 24.4 Å². The van der Waals surface area contributed by atoms with E-state index < -0.39 is 40.6 Å². The van der Waals surface area contributed by atoms with E-state index in [9.17, 15) is 22.0 Å². The molecule has 2 aliphatic heterocycles. The van der Waals surface area contributed by atoms with Crippen LogP contribution in [0.1, 0.15) is 6.42 Å². The van der Waals surface area contributed by atoms with Crippen LogP contribution in [0.25, 0.3) is 21.4 Å². The van der Waals surface area contributed by atoms with Crippen molar-refractivity contribution in [1.29, 1.82) is 0 Å². The van der Waals surface area contributed by atoms with Crippen LogP contribution < -0.4 is 9.62 Å². The number of amides is 2. The summed E-state index contributed by atoms with van der Waals surface area (Å²) in [4.78, 5) is 16.5. The van der Waals surface area contributed by atoms with E-state index in [0.717, 1.165) is 21.6 Å². The van der Waals surface area contributed by atoms with Gasteiger partial charge in [-0.1, -0.05) is 23.4 Å². The number of urea groups is 1. The Morgan fingerprint density at radius 2 is 2.10 bits per heavy atom. The molecule has 0 aliphatic carbocycles. The average molecular weight is 469 g/mol. The van der Waals surface area contributed by atoms with Gasteiger partial charge < -0.3 is 9.42 Å². The molecule has 2 amide bonds. The Balaban J connectivity index is 1.52. The zero-order chi connectivity index (χ0) is 22.0. The van der Waals surface area contributed by atoms with E-state index in [1.165, 1.54) is 16.2 Å². The third kappa shape index (κ3) is 3.29. The van der Waals surface area contributed by atoms with E-state index in [-0.39, 0.29) is 18.8 Å². The topological polar surface area (TPSA) is 95.8 Å². The molecule has 4 heterocycles. The van der Waals surface area contributed by atoms with Crippen molar-refractivity contribution < 1.29 is 26.5 Å². The van der Waals surface area contributed by atoms with E-state index >= 15 is 0 Å². The zero-order valence-electron chi connectivity index (χ0n) is 16.3. The number of fused-ring (bicyclic) bond motifs is 2. The number of thiophene rings is 1. The van der Waals surface area contributed by atoms with E-state index in [1.807, 2.05) is 34.4 Å². The summed E-state index contributed by atoms with van der Waals surface area (Å²) >= 11 is 1.52. The summed E-state index contributed by atoms with van der Waals surface area (Å²) in [7, 11) is -3.86. The van der Waals surface area contributed by atoms with Crippen molar-refractivity contribution in [3.05, 3.63) is 35.7 Å². The average Bonchev–Trinajstić information content (AvgIpc) is 3.41. The summed E-state index contributed by atoms with van der Waals surface area (Å²) in [5, 5.41) is 6.64. The van der Waals surface area contributed by atoms with Gasteiger partial charge in [-0.3, -0.25) is 4.90 Å². The number of nitrogens with one attached hydrogen (secondary N) is 1. The molecule has 2 atom stereocenters. The number of aromatic nitrogens is 1. The number of carbonyl (C=O) groups is 1. The molecule has 3 aromatic rings. The SMILES string of the molecule is CS(=O)(=O)N[C@@H]1CN2C(=O)N(c3noc4cccc(-c5cccs5)c34)CC[C@@H]2C1(F)F. The fraction of sp³-hybridized carbons (Fsp3) is 0.368. The molecule has 1 N–H and O–H groups in total. The number of halogens is 2. The van der Waals surface area contributed by atoms with Crippen molar-refractivity contribution in [3.63, 3.8) is 0 Å². The maximum atomic E-state index is 14.8. The van der Waals surface area contributed by atoms with Gasteiger partial charge in [-0.25, -0.2) is 26.7 Å². The van der Waals surface area contributed by atoms with Gasteiger partial charge in [0.15, 0.2) is 11.4 Å². The second kappa shape index (κ2) is 6.97. The number of benzene rings is 1. The summed E-state index contributed by atoms with van der Waals surface area (Å²) in [6, 6.07) is 5.58. The minimum Gasteiger partial charge on any atom is -0.354 e. The molecule has 2 aromatic heterocycles.